The Hall–Kier alpha value is -2.46. The third-order valence-corrected chi connectivity index (χ3v) is 4.19. The monoisotopic (exact) mass is 352 g/mol. The molecule has 1 atom stereocenters. The molecular weight excluding hydrogens is 324 g/mol. The molecule has 1 unspecified atom stereocenters. The second kappa shape index (κ2) is 9.88. The molecule has 0 radical (unpaired) electrons. The van der Waals surface area contributed by atoms with Crippen LogP contribution in [0.2, 0.25) is 0 Å². The van der Waals surface area contributed by atoms with Crippen molar-refractivity contribution >= 4 is 11.7 Å². The van der Waals surface area contributed by atoms with Crippen molar-refractivity contribution in [1.29, 1.82) is 0 Å². The number of amides is 1. The van der Waals surface area contributed by atoms with Crippen molar-refractivity contribution in [3.05, 3.63) is 71.8 Å². The van der Waals surface area contributed by atoms with E-state index < -0.39 is 0 Å². The zero-order chi connectivity index (χ0) is 18.9. The lowest BCUT2D eigenvalue weighted by Gasteiger charge is -2.27. The Bertz CT molecular complexity index is 699. The standard InChI is InChI=1S/C22H28N2O2/c1-18(14-19-10-6-4-7-11-19)15-24(22(26)17-23(2)3)16-21(25)20-12-8-5-9-13-20/h4-13,18H,14-17H2,1-3H3. The SMILES string of the molecule is CC(Cc1ccccc1)CN(CC(=O)c1ccccc1)C(=O)CN(C)C. The number of nitrogens with zero attached hydrogens (tertiary/aromatic N) is 2. The van der Waals surface area contributed by atoms with E-state index in [2.05, 4.69) is 19.1 Å². The summed E-state index contributed by atoms with van der Waals surface area (Å²) in [5.74, 6) is 0.232. The van der Waals surface area contributed by atoms with E-state index in [1.54, 1.807) is 17.0 Å². The maximum atomic E-state index is 12.6. The summed E-state index contributed by atoms with van der Waals surface area (Å²) >= 11 is 0. The third-order valence-electron chi connectivity index (χ3n) is 4.19. The Balaban J connectivity index is 2.05. The van der Waals surface area contributed by atoms with Crippen molar-refractivity contribution in [3.63, 3.8) is 0 Å². The van der Waals surface area contributed by atoms with Crippen LogP contribution in [0.15, 0.2) is 60.7 Å². The molecule has 138 valence electrons. The molecule has 0 bridgehead atoms. The number of Topliss-reactive ketones (excluding diaryl/α,β-unsaturated/α-hetero) is 1. The van der Waals surface area contributed by atoms with Crippen LogP contribution in [0.25, 0.3) is 0 Å². The number of hydrogen-bond acceptors (Lipinski definition) is 3. The summed E-state index contributed by atoms with van der Waals surface area (Å²) in [5.41, 5.74) is 1.89. The van der Waals surface area contributed by atoms with E-state index in [1.165, 1.54) is 5.56 Å². The van der Waals surface area contributed by atoms with Crippen molar-refractivity contribution in [2.75, 3.05) is 33.7 Å². The van der Waals surface area contributed by atoms with E-state index >= 15 is 0 Å². The van der Waals surface area contributed by atoms with Crippen molar-refractivity contribution in [2.24, 2.45) is 5.92 Å². The molecule has 0 aliphatic carbocycles. The minimum Gasteiger partial charge on any atom is -0.334 e. The topological polar surface area (TPSA) is 40.6 Å². The molecule has 1 amide bonds. The van der Waals surface area contributed by atoms with Crippen LogP contribution >= 0.6 is 0 Å². The van der Waals surface area contributed by atoms with Gasteiger partial charge < -0.3 is 9.80 Å². The molecule has 0 saturated carbocycles. The highest BCUT2D eigenvalue weighted by atomic mass is 16.2. The summed E-state index contributed by atoms with van der Waals surface area (Å²) in [6.45, 7) is 3.12. The lowest BCUT2D eigenvalue weighted by atomic mass is 10.00. The molecule has 0 N–H and O–H groups in total. The zero-order valence-electron chi connectivity index (χ0n) is 15.9. The van der Waals surface area contributed by atoms with Gasteiger partial charge in [-0.05, 0) is 32.0 Å². The smallest absolute Gasteiger partial charge is 0.237 e. The second-order valence-corrected chi connectivity index (χ2v) is 7.10. The molecule has 0 aromatic heterocycles. The maximum Gasteiger partial charge on any atom is 0.237 e. The fourth-order valence-corrected chi connectivity index (χ4v) is 2.97. The first-order valence-electron chi connectivity index (χ1n) is 9.00. The summed E-state index contributed by atoms with van der Waals surface area (Å²) in [7, 11) is 3.73. The van der Waals surface area contributed by atoms with Gasteiger partial charge in [0.15, 0.2) is 5.78 Å². The summed E-state index contributed by atoms with van der Waals surface area (Å²) in [5, 5.41) is 0. The summed E-state index contributed by atoms with van der Waals surface area (Å²) in [6.07, 6.45) is 0.881. The Kier molecular flexibility index (Phi) is 7.54. The van der Waals surface area contributed by atoms with Gasteiger partial charge in [-0.2, -0.15) is 0 Å². The van der Waals surface area contributed by atoms with Crippen molar-refractivity contribution < 1.29 is 9.59 Å². The van der Waals surface area contributed by atoms with Gasteiger partial charge in [0.1, 0.15) is 0 Å². The van der Waals surface area contributed by atoms with Crippen LogP contribution in [0, 0.1) is 5.92 Å². The fourth-order valence-electron chi connectivity index (χ4n) is 2.97. The van der Waals surface area contributed by atoms with Crippen LogP contribution in [0.4, 0.5) is 0 Å². The van der Waals surface area contributed by atoms with Gasteiger partial charge in [0.25, 0.3) is 0 Å². The number of ketones is 1. The molecule has 4 nitrogen and oxygen atoms in total. The van der Waals surface area contributed by atoms with Crippen LogP contribution < -0.4 is 0 Å². The van der Waals surface area contributed by atoms with Crippen molar-refractivity contribution in [2.45, 2.75) is 13.3 Å². The molecule has 4 heteroatoms. The highest BCUT2D eigenvalue weighted by molar-refractivity contribution is 5.99. The number of rotatable bonds is 9. The molecule has 0 spiro atoms. The molecule has 0 aliphatic rings. The van der Waals surface area contributed by atoms with E-state index in [4.69, 9.17) is 0 Å². The van der Waals surface area contributed by atoms with Crippen LogP contribution in [-0.4, -0.2) is 55.2 Å². The van der Waals surface area contributed by atoms with E-state index in [1.807, 2.05) is 55.4 Å². The van der Waals surface area contributed by atoms with Gasteiger partial charge in [-0.15, -0.1) is 0 Å². The highest BCUT2D eigenvalue weighted by Gasteiger charge is 2.21. The fraction of sp³-hybridized carbons (Fsp3) is 0.364. The summed E-state index contributed by atoms with van der Waals surface area (Å²) < 4.78 is 0. The molecule has 0 aliphatic heterocycles. The van der Waals surface area contributed by atoms with Gasteiger partial charge >= 0.3 is 0 Å². The molecule has 2 rings (SSSR count). The van der Waals surface area contributed by atoms with Gasteiger partial charge in [0.2, 0.25) is 5.91 Å². The maximum absolute atomic E-state index is 12.6. The molecule has 26 heavy (non-hydrogen) atoms. The number of carbonyl (C=O) groups is 2. The minimum absolute atomic E-state index is 0.0146. The van der Waals surface area contributed by atoms with E-state index in [0.29, 0.717) is 18.7 Å². The van der Waals surface area contributed by atoms with Crippen LogP contribution in [0.3, 0.4) is 0 Å². The van der Waals surface area contributed by atoms with Crippen molar-refractivity contribution in [1.82, 2.24) is 9.80 Å². The normalized spacial score (nSPS) is 12.0. The molecule has 2 aromatic carbocycles. The highest BCUT2D eigenvalue weighted by Crippen LogP contribution is 2.11. The number of hydrogen-bond donors (Lipinski definition) is 0. The van der Waals surface area contributed by atoms with Gasteiger partial charge in [0.05, 0.1) is 13.1 Å². The Morgan fingerprint density at radius 2 is 1.46 bits per heavy atom. The predicted molar refractivity (Wildman–Crippen MR) is 105 cm³/mol. The van der Waals surface area contributed by atoms with Gasteiger partial charge in [0, 0.05) is 12.1 Å². The van der Waals surface area contributed by atoms with Gasteiger partial charge in [-0.1, -0.05) is 67.6 Å². The predicted octanol–water partition coefficient (Wildman–Crippen LogP) is 3.14. The van der Waals surface area contributed by atoms with Crippen LogP contribution in [0.1, 0.15) is 22.8 Å². The number of carbonyl (C=O) groups excluding carboxylic acids is 2. The Morgan fingerprint density at radius 3 is 2.04 bits per heavy atom. The molecule has 0 fully saturated rings. The first kappa shape index (κ1) is 19.9. The van der Waals surface area contributed by atoms with Crippen LogP contribution in [0.5, 0.6) is 0 Å². The lowest BCUT2D eigenvalue weighted by Crippen LogP contribution is -2.43. The second-order valence-electron chi connectivity index (χ2n) is 7.10. The number of likely N-dealkylation sites (N-methyl/N-ethyl adjacent to an activating group) is 1. The van der Waals surface area contributed by atoms with Gasteiger partial charge in [-0.3, -0.25) is 9.59 Å². The molecule has 0 saturated heterocycles. The molecule has 2 aromatic rings. The zero-order valence-corrected chi connectivity index (χ0v) is 15.9. The Labute approximate surface area is 156 Å². The average molecular weight is 352 g/mol. The lowest BCUT2D eigenvalue weighted by molar-refractivity contribution is -0.132. The molecular formula is C22H28N2O2. The van der Waals surface area contributed by atoms with Crippen molar-refractivity contribution in [3.8, 4) is 0 Å². The van der Waals surface area contributed by atoms with Gasteiger partial charge in [-0.25, -0.2) is 0 Å². The third kappa shape index (κ3) is 6.45. The van der Waals surface area contributed by atoms with E-state index in [-0.39, 0.29) is 24.2 Å². The quantitative estimate of drug-likeness (QED) is 0.651. The number of benzene rings is 2. The first-order chi connectivity index (χ1) is 12.5. The molecule has 0 heterocycles. The van der Waals surface area contributed by atoms with Crippen LogP contribution in [-0.2, 0) is 11.2 Å². The largest absolute Gasteiger partial charge is 0.334 e. The average Bonchev–Trinajstić information content (AvgIpc) is 2.62. The van der Waals surface area contributed by atoms with E-state index in [9.17, 15) is 9.59 Å². The van der Waals surface area contributed by atoms with E-state index in [0.717, 1.165) is 6.42 Å². The summed E-state index contributed by atoms with van der Waals surface area (Å²) in [4.78, 5) is 28.8. The Morgan fingerprint density at radius 1 is 0.885 bits per heavy atom. The minimum atomic E-state index is -0.0235. The summed E-state index contributed by atoms with van der Waals surface area (Å²) in [6, 6.07) is 19.4. The first-order valence-corrected chi connectivity index (χ1v) is 9.00.